The lowest BCUT2D eigenvalue weighted by Crippen LogP contribution is -2.48. The summed E-state index contributed by atoms with van der Waals surface area (Å²) in [6, 6.07) is 16.4. The molecule has 10 heteroatoms. The van der Waals surface area contributed by atoms with Gasteiger partial charge in [-0.15, -0.1) is 0 Å². The molecule has 4 aromatic rings. The van der Waals surface area contributed by atoms with Crippen LogP contribution in [0.4, 0.5) is 24.5 Å². The number of rotatable bonds is 5. The standard InChI is InChI=1S/C27H24BrF3N4O2/c1-17-14-20(28)15-23-25(17)37-26(33-23)18-2-6-21(7-3-18)32-24(36)16-34-10-12-35(13-11-34)22-8-4-19(5-9-22)27(29,30)31/h2-9,14-15H,10-13,16H2,1H3,(H,32,36). The quantitative estimate of drug-likeness (QED) is 0.302. The molecule has 37 heavy (non-hydrogen) atoms. The molecule has 2 heterocycles. The van der Waals surface area contributed by atoms with Crippen LogP contribution in [0.2, 0.25) is 0 Å². The largest absolute Gasteiger partial charge is 0.436 e. The fourth-order valence-corrected chi connectivity index (χ4v) is 4.97. The third kappa shape index (κ3) is 5.80. The fraction of sp³-hybridized carbons (Fsp3) is 0.259. The SMILES string of the molecule is Cc1cc(Br)cc2nc(-c3ccc(NC(=O)CN4CCN(c5ccc(C(F)(F)F)cc5)CC4)cc3)oc12. The lowest BCUT2D eigenvalue weighted by Gasteiger charge is -2.35. The number of benzene rings is 3. The van der Waals surface area contributed by atoms with Gasteiger partial charge in [-0.05, 0) is 73.2 Å². The molecule has 0 bridgehead atoms. The summed E-state index contributed by atoms with van der Waals surface area (Å²) in [5, 5.41) is 2.92. The Morgan fingerprint density at radius 1 is 1.03 bits per heavy atom. The van der Waals surface area contributed by atoms with Crippen molar-refractivity contribution in [2.45, 2.75) is 13.1 Å². The first kappa shape index (κ1) is 25.3. The number of halogens is 4. The first-order valence-corrected chi connectivity index (χ1v) is 12.6. The van der Waals surface area contributed by atoms with Gasteiger partial charge in [-0.25, -0.2) is 4.98 Å². The number of amides is 1. The molecule has 0 unspecified atom stereocenters. The molecular weight excluding hydrogens is 549 g/mol. The first-order chi connectivity index (χ1) is 17.7. The maximum absolute atomic E-state index is 12.8. The maximum atomic E-state index is 12.8. The van der Waals surface area contributed by atoms with Crippen molar-refractivity contribution in [3.05, 3.63) is 76.3 Å². The summed E-state index contributed by atoms with van der Waals surface area (Å²) in [7, 11) is 0. The molecule has 0 spiro atoms. The van der Waals surface area contributed by atoms with E-state index < -0.39 is 11.7 Å². The second-order valence-corrected chi connectivity index (χ2v) is 9.94. The Morgan fingerprint density at radius 2 is 1.70 bits per heavy atom. The van der Waals surface area contributed by atoms with Crippen LogP contribution >= 0.6 is 15.9 Å². The number of alkyl halides is 3. The van der Waals surface area contributed by atoms with E-state index in [-0.39, 0.29) is 12.5 Å². The second-order valence-electron chi connectivity index (χ2n) is 9.02. The Kier molecular flexibility index (Phi) is 6.96. The smallest absolute Gasteiger partial charge is 0.416 e. The highest BCUT2D eigenvalue weighted by Crippen LogP contribution is 2.31. The van der Waals surface area contributed by atoms with E-state index in [1.807, 2.05) is 53.1 Å². The van der Waals surface area contributed by atoms with Crippen LogP contribution < -0.4 is 10.2 Å². The number of nitrogens with zero attached hydrogens (tertiary/aromatic N) is 3. The third-order valence-corrected chi connectivity index (χ3v) is 6.81. The predicted molar refractivity (Wildman–Crippen MR) is 141 cm³/mol. The molecule has 192 valence electrons. The molecule has 1 amide bonds. The number of carbonyl (C=O) groups excluding carboxylic acids is 1. The number of nitrogens with one attached hydrogen (secondary N) is 1. The zero-order valence-corrected chi connectivity index (χ0v) is 21.6. The molecule has 1 aromatic heterocycles. The van der Waals surface area contributed by atoms with Crippen molar-refractivity contribution < 1.29 is 22.4 Å². The van der Waals surface area contributed by atoms with Gasteiger partial charge in [-0.2, -0.15) is 13.2 Å². The van der Waals surface area contributed by atoms with Gasteiger partial charge < -0.3 is 14.6 Å². The maximum Gasteiger partial charge on any atom is 0.416 e. The van der Waals surface area contributed by atoms with Crippen molar-refractivity contribution in [1.29, 1.82) is 0 Å². The van der Waals surface area contributed by atoms with E-state index in [9.17, 15) is 18.0 Å². The Hall–Kier alpha value is -3.37. The topological polar surface area (TPSA) is 61.6 Å². The number of aromatic nitrogens is 1. The number of anilines is 2. The molecule has 1 N–H and O–H groups in total. The molecule has 5 rings (SSSR count). The highest BCUT2D eigenvalue weighted by molar-refractivity contribution is 9.10. The number of aryl methyl sites for hydroxylation is 1. The first-order valence-electron chi connectivity index (χ1n) is 11.8. The summed E-state index contributed by atoms with van der Waals surface area (Å²) in [6.07, 6.45) is -4.34. The van der Waals surface area contributed by atoms with E-state index in [4.69, 9.17) is 4.42 Å². The van der Waals surface area contributed by atoms with Crippen LogP contribution in [0.1, 0.15) is 11.1 Å². The average molecular weight is 573 g/mol. The van der Waals surface area contributed by atoms with Gasteiger partial charge in [0.05, 0.1) is 12.1 Å². The molecule has 1 fully saturated rings. The van der Waals surface area contributed by atoms with Gasteiger partial charge >= 0.3 is 6.18 Å². The fourth-order valence-electron chi connectivity index (χ4n) is 4.41. The minimum atomic E-state index is -4.34. The Morgan fingerprint density at radius 3 is 2.35 bits per heavy atom. The van der Waals surface area contributed by atoms with Gasteiger partial charge in [0.1, 0.15) is 5.52 Å². The number of hydrogen-bond acceptors (Lipinski definition) is 5. The van der Waals surface area contributed by atoms with E-state index in [1.165, 1.54) is 12.1 Å². The van der Waals surface area contributed by atoms with Crippen molar-refractivity contribution in [3.63, 3.8) is 0 Å². The van der Waals surface area contributed by atoms with Crippen molar-refractivity contribution in [2.75, 3.05) is 42.9 Å². The Bertz CT molecular complexity index is 1410. The summed E-state index contributed by atoms with van der Waals surface area (Å²) < 4.78 is 45.2. The van der Waals surface area contributed by atoms with Crippen molar-refractivity contribution in [3.8, 4) is 11.5 Å². The van der Waals surface area contributed by atoms with Crippen LogP contribution in [-0.2, 0) is 11.0 Å². The van der Waals surface area contributed by atoms with Crippen LogP contribution in [0.5, 0.6) is 0 Å². The summed E-state index contributed by atoms with van der Waals surface area (Å²) in [4.78, 5) is 21.2. The van der Waals surface area contributed by atoms with Gasteiger partial charge in [0.15, 0.2) is 5.58 Å². The van der Waals surface area contributed by atoms with Gasteiger partial charge in [-0.1, -0.05) is 15.9 Å². The van der Waals surface area contributed by atoms with E-state index in [0.717, 1.165) is 44.5 Å². The second kappa shape index (κ2) is 10.2. The highest BCUT2D eigenvalue weighted by atomic mass is 79.9. The van der Waals surface area contributed by atoms with E-state index in [0.29, 0.717) is 37.8 Å². The summed E-state index contributed by atoms with van der Waals surface area (Å²) in [5.74, 6) is 0.387. The van der Waals surface area contributed by atoms with Crippen LogP contribution in [0, 0.1) is 6.92 Å². The normalized spacial score (nSPS) is 14.8. The van der Waals surface area contributed by atoms with E-state index in [1.54, 1.807) is 0 Å². The Balaban J connectivity index is 1.14. The number of hydrogen-bond donors (Lipinski definition) is 1. The minimum absolute atomic E-state index is 0.127. The van der Waals surface area contributed by atoms with Gasteiger partial charge in [0.2, 0.25) is 11.8 Å². The molecule has 3 aromatic carbocycles. The average Bonchev–Trinajstić information content (AvgIpc) is 3.29. The highest BCUT2D eigenvalue weighted by Gasteiger charge is 2.30. The lowest BCUT2D eigenvalue weighted by molar-refractivity contribution is -0.137. The molecule has 0 atom stereocenters. The zero-order chi connectivity index (χ0) is 26.2. The number of piperazine rings is 1. The molecule has 1 saturated heterocycles. The van der Waals surface area contributed by atoms with Crippen LogP contribution in [-0.4, -0.2) is 48.5 Å². The number of oxazole rings is 1. The van der Waals surface area contributed by atoms with Crippen LogP contribution in [0.25, 0.3) is 22.6 Å². The summed E-state index contributed by atoms with van der Waals surface area (Å²) >= 11 is 3.48. The molecular formula is C27H24BrF3N4O2. The van der Waals surface area contributed by atoms with Crippen molar-refractivity contribution in [1.82, 2.24) is 9.88 Å². The molecule has 0 radical (unpaired) electrons. The van der Waals surface area contributed by atoms with E-state index >= 15 is 0 Å². The molecule has 1 aliphatic rings. The summed E-state index contributed by atoms with van der Waals surface area (Å²) in [6.45, 7) is 4.75. The Labute approximate surface area is 220 Å². The zero-order valence-electron chi connectivity index (χ0n) is 20.0. The van der Waals surface area contributed by atoms with Crippen molar-refractivity contribution in [2.24, 2.45) is 0 Å². The molecule has 6 nitrogen and oxygen atoms in total. The van der Waals surface area contributed by atoms with Gasteiger partial charge in [0, 0.05) is 47.6 Å². The lowest BCUT2D eigenvalue weighted by atomic mass is 10.1. The van der Waals surface area contributed by atoms with Crippen LogP contribution in [0.15, 0.2) is 69.6 Å². The van der Waals surface area contributed by atoms with Crippen LogP contribution in [0.3, 0.4) is 0 Å². The number of fused-ring (bicyclic) bond motifs is 1. The van der Waals surface area contributed by atoms with E-state index in [2.05, 4.69) is 26.2 Å². The number of carbonyl (C=O) groups is 1. The third-order valence-electron chi connectivity index (χ3n) is 6.36. The molecule has 0 saturated carbocycles. The molecule has 1 aliphatic heterocycles. The van der Waals surface area contributed by atoms with Crippen molar-refractivity contribution >= 4 is 44.3 Å². The predicted octanol–water partition coefficient (Wildman–Crippen LogP) is 6.35. The minimum Gasteiger partial charge on any atom is -0.436 e. The molecule has 0 aliphatic carbocycles. The van der Waals surface area contributed by atoms with Gasteiger partial charge in [-0.3, -0.25) is 9.69 Å². The van der Waals surface area contributed by atoms with Gasteiger partial charge in [0.25, 0.3) is 0 Å². The summed E-state index contributed by atoms with van der Waals surface area (Å²) in [5.41, 5.74) is 4.09. The monoisotopic (exact) mass is 572 g/mol.